The fourth-order valence-electron chi connectivity index (χ4n) is 1.09. The lowest BCUT2D eigenvalue weighted by molar-refractivity contribution is 0.435. The zero-order valence-electron chi connectivity index (χ0n) is 7.49. The summed E-state index contributed by atoms with van der Waals surface area (Å²) in [6.07, 6.45) is 1.54. The number of phenols is 2. The second-order valence-electron chi connectivity index (χ2n) is 3.19. The molecule has 4 N–H and O–H groups in total. The molecule has 0 heterocycles. The number of hydrogen-bond acceptors (Lipinski definition) is 3. The minimum atomic E-state index is -0.780. The van der Waals surface area contributed by atoms with Crippen LogP contribution in [0.1, 0.15) is 12.5 Å². The molecule has 0 aliphatic heterocycles. The van der Waals surface area contributed by atoms with Crippen LogP contribution in [0.25, 0.3) is 0 Å². The topological polar surface area (TPSA) is 66.5 Å². The van der Waals surface area contributed by atoms with Crippen LogP contribution in [0, 0.1) is 0 Å². The summed E-state index contributed by atoms with van der Waals surface area (Å²) in [5, 5.41) is 18.5. The number of benzene rings is 1. The summed E-state index contributed by atoms with van der Waals surface area (Å²) in [5.41, 5.74) is 5.59. The van der Waals surface area contributed by atoms with Crippen LogP contribution in [0.3, 0.4) is 0 Å². The van der Waals surface area contributed by atoms with Crippen molar-refractivity contribution in [2.45, 2.75) is 12.5 Å². The molecule has 0 radical (unpaired) electrons. The molecule has 0 amide bonds. The highest BCUT2D eigenvalue weighted by molar-refractivity contribution is 5.44. The standard InChI is InChI=1S/C10H13NO2/c1-3-10(2,11)8-5-4-7(12)6-9(8)13/h3-6,12-13H,1,11H2,2H3/t10-/m1/s1. The van der Waals surface area contributed by atoms with Crippen LogP contribution >= 0.6 is 0 Å². The number of phenolic OH excluding ortho intramolecular Hbond substituents is 2. The Labute approximate surface area is 77.1 Å². The van der Waals surface area contributed by atoms with Crippen LogP contribution in [-0.2, 0) is 5.54 Å². The van der Waals surface area contributed by atoms with Gasteiger partial charge >= 0.3 is 0 Å². The van der Waals surface area contributed by atoms with Crippen LogP contribution in [-0.4, -0.2) is 10.2 Å². The first-order chi connectivity index (χ1) is 5.97. The summed E-state index contributed by atoms with van der Waals surface area (Å²) >= 11 is 0. The Bertz CT molecular complexity index is 332. The fraction of sp³-hybridized carbons (Fsp3) is 0.200. The average Bonchev–Trinajstić information content (AvgIpc) is 2.03. The van der Waals surface area contributed by atoms with Crippen molar-refractivity contribution in [3.8, 4) is 11.5 Å². The summed E-state index contributed by atoms with van der Waals surface area (Å²) in [6, 6.07) is 4.31. The van der Waals surface area contributed by atoms with Gasteiger partial charge in [-0.2, -0.15) is 0 Å². The largest absolute Gasteiger partial charge is 0.508 e. The van der Waals surface area contributed by atoms with Gasteiger partial charge in [0.1, 0.15) is 11.5 Å². The minimum Gasteiger partial charge on any atom is -0.508 e. The number of rotatable bonds is 2. The second-order valence-corrected chi connectivity index (χ2v) is 3.19. The first-order valence-electron chi connectivity index (χ1n) is 3.92. The van der Waals surface area contributed by atoms with Crippen LogP contribution in [0.5, 0.6) is 11.5 Å². The summed E-state index contributed by atoms with van der Waals surface area (Å²) in [7, 11) is 0. The molecular weight excluding hydrogens is 166 g/mol. The van der Waals surface area contributed by atoms with Crippen molar-refractivity contribution in [3.05, 3.63) is 36.4 Å². The molecule has 0 spiro atoms. The van der Waals surface area contributed by atoms with Crippen molar-refractivity contribution in [2.24, 2.45) is 5.73 Å². The SMILES string of the molecule is C=C[C@@](C)(N)c1ccc(O)cc1O. The average molecular weight is 179 g/mol. The van der Waals surface area contributed by atoms with Crippen molar-refractivity contribution in [1.82, 2.24) is 0 Å². The van der Waals surface area contributed by atoms with E-state index in [1.165, 1.54) is 12.1 Å². The first kappa shape index (κ1) is 9.61. The molecule has 0 fully saturated rings. The van der Waals surface area contributed by atoms with Gasteiger partial charge in [0.25, 0.3) is 0 Å². The maximum atomic E-state index is 9.47. The highest BCUT2D eigenvalue weighted by atomic mass is 16.3. The molecule has 1 aromatic rings. The molecule has 0 saturated carbocycles. The van der Waals surface area contributed by atoms with Gasteiger partial charge in [-0.1, -0.05) is 6.08 Å². The van der Waals surface area contributed by atoms with E-state index in [1.807, 2.05) is 0 Å². The molecule has 1 rings (SSSR count). The summed E-state index contributed by atoms with van der Waals surface area (Å²) in [5.74, 6) is -0.00832. The molecule has 3 heteroatoms. The molecule has 13 heavy (non-hydrogen) atoms. The van der Waals surface area contributed by atoms with Gasteiger partial charge in [0.05, 0.1) is 5.54 Å². The predicted molar refractivity (Wildman–Crippen MR) is 51.5 cm³/mol. The Kier molecular flexibility index (Phi) is 2.30. The lowest BCUT2D eigenvalue weighted by atomic mass is 9.92. The van der Waals surface area contributed by atoms with E-state index in [4.69, 9.17) is 10.8 Å². The molecule has 0 aliphatic rings. The third kappa shape index (κ3) is 1.81. The van der Waals surface area contributed by atoms with E-state index >= 15 is 0 Å². The lowest BCUT2D eigenvalue weighted by Crippen LogP contribution is -2.29. The molecular formula is C10H13NO2. The smallest absolute Gasteiger partial charge is 0.124 e. The fourth-order valence-corrected chi connectivity index (χ4v) is 1.09. The Morgan fingerprint density at radius 1 is 1.46 bits per heavy atom. The van der Waals surface area contributed by atoms with E-state index < -0.39 is 5.54 Å². The van der Waals surface area contributed by atoms with Crippen molar-refractivity contribution in [2.75, 3.05) is 0 Å². The molecule has 3 nitrogen and oxygen atoms in total. The molecule has 1 atom stereocenters. The Hall–Kier alpha value is -1.48. The summed E-state index contributed by atoms with van der Waals surface area (Å²) < 4.78 is 0. The molecule has 0 aromatic heterocycles. The monoisotopic (exact) mass is 179 g/mol. The van der Waals surface area contributed by atoms with Crippen molar-refractivity contribution >= 4 is 0 Å². The number of nitrogens with two attached hydrogens (primary N) is 1. The zero-order chi connectivity index (χ0) is 10.1. The second kappa shape index (κ2) is 3.11. The lowest BCUT2D eigenvalue weighted by Gasteiger charge is -2.21. The molecule has 0 saturated heterocycles. The van der Waals surface area contributed by atoms with Gasteiger partial charge in [0, 0.05) is 11.6 Å². The summed E-state index contributed by atoms with van der Waals surface area (Å²) in [4.78, 5) is 0. The highest BCUT2D eigenvalue weighted by Gasteiger charge is 2.20. The normalized spacial score (nSPS) is 14.9. The minimum absolute atomic E-state index is 0.0149. The van der Waals surface area contributed by atoms with Crippen LogP contribution in [0.15, 0.2) is 30.9 Å². The van der Waals surface area contributed by atoms with E-state index in [0.29, 0.717) is 5.56 Å². The van der Waals surface area contributed by atoms with Crippen molar-refractivity contribution in [1.29, 1.82) is 0 Å². The summed E-state index contributed by atoms with van der Waals surface area (Å²) in [6.45, 7) is 5.30. The molecule has 1 aromatic carbocycles. The quantitative estimate of drug-likeness (QED) is 0.602. The molecule has 0 bridgehead atoms. The maximum absolute atomic E-state index is 9.47. The van der Waals surface area contributed by atoms with Gasteiger partial charge in [0.15, 0.2) is 0 Å². The Balaban J connectivity index is 3.23. The van der Waals surface area contributed by atoms with Crippen LogP contribution < -0.4 is 5.73 Å². The van der Waals surface area contributed by atoms with Crippen LogP contribution in [0.2, 0.25) is 0 Å². The van der Waals surface area contributed by atoms with Crippen molar-refractivity contribution < 1.29 is 10.2 Å². The molecule has 0 unspecified atom stereocenters. The van der Waals surface area contributed by atoms with Gasteiger partial charge < -0.3 is 15.9 Å². The highest BCUT2D eigenvalue weighted by Crippen LogP contribution is 2.30. The Morgan fingerprint density at radius 3 is 2.54 bits per heavy atom. The van der Waals surface area contributed by atoms with Gasteiger partial charge in [-0.25, -0.2) is 0 Å². The number of hydrogen-bond donors (Lipinski definition) is 3. The first-order valence-corrected chi connectivity index (χ1v) is 3.92. The van der Waals surface area contributed by atoms with E-state index in [9.17, 15) is 5.11 Å². The molecule has 70 valence electrons. The number of aromatic hydroxyl groups is 2. The Morgan fingerprint density at radius 2 is 2.08 bits per heavy atom. The van der Waals surface area contributed by atoms with Crippen LogP contribution in [0.4, 0.5) is 0 Å². The zero-order valence-corrected chi connectivity index (χ0v) is 7.49. The predicted octanol–water partition coefficient (Wildman–Crippen LogP) is 1.46. The van der Waals surface area contributed by atoms with E-state index in [1.54, 1.807) is 19.1 Å². The van der Waals surface area contributed by atoms with Gasteiger partial charge in [-0.3, -0.25) is 0 Å². The molecule has 0 aliphatic carbocycles. The van der Waals surface area contributed by atoms with Gasteiger partial charge in [-0.15, -0.1) is 6.58 Å². The van der Waals surface area contributed by atoms with E-state index in [-0.39, 0.29) is 11.5 Å². The van der Waals surface area contributed by atoms with Gasteiger partial charge in [-0.05, 0) is 19.1 Å². The van der Waals surface area contributed by atoms with Gasteiger partial charge in [0.2, 0.25) is 0 Å². The van der Waals surface area contributed by atoms with E-state index in [0.717, 1.165) is 0 Å². The van der Waals surface area contributed by atoms with E-state index in [2.05, 4.69) is 6.58 Å². The maximum Gasteiger partial charge on any atom is 0.124 e. The van der Waals surface area contributed by atoms with Crippen molar-refractivity contribution in [3.63, 3.8) is 0 Å². The third-order valence-corrected chi connectivity index (χ3v) is 1.99. The third-order valence-electron chi connectivity index (χ3n) is 1.99.